The van der Waals surface area contributed by atoms with Crippen LogP contribution in [0, 0.1) is 11.8 Å². The van der Waals surface area contributed by atoms with Crippen LogP contribution in [0.3, 0.4) is 0 Å². The quantitative estimate of drug-likeness (QED) is 0.731. The van der Waals surface area contributed by atoms with Crippen molar-refractivity contribution in [1.82, 2.24) is 10.2 Å². The zero-order chi connectivity index (χ0) is 12.8. The van der Waals surface area contributed by atoms with Gasteiger partial charge in [-0.15, -0.1) is 5.92 Å². The van der Waals surface area contributed by atoms with Gasteiger partial charge < -0.3 is 5.32 Å². The van der Waals surface area contributed by atoms with E-state index < -0.39 is 9.84 Å². The van der Waals surface area contributed by atoms with Crippen LogP contribution >= 0.6 is 0 Å². The van der Waals surface area contributed by atoms with Gasteiger partial charge in [-0.2, -0.15) is 0 Å². The fourth-order valence-electron chi connectivity index (χ4n) is 2.47. The summed E-state index contributed by atoms with van der Waals surface area (Å²) in [5.74, 6) is 6.55. The van der Waals surface area contributed by atoms with Crippen LogP contribution in [0.2, 0.25) is 0 Å². The van der Waals surface area contributed by atoms with E-state index in [1.807, 2.05) is 0 Å². The molecular weight excluding hydrogens is 248 g/mol. The van der Waals surface area contributed by atoms with Crippen molar-refractivity contribution in [2.75, 3.05) is 38.5 Å². The van der Waals surface area contributed by atoms with Gasteiger partial charge in [0, 0.05) is 32.6 Å². The Morgan fingerprint density at radius 1 is 1.17 bits per heavy atom. The molecule has 1 unspecified atom stereocenters. The van der Waals surface area contributed by atoms with Crippen LogP contribution in [0.25, 0.3) is 0 Å². The second-order valence-corrected chi connectivity index (χ2v) is 7.47. The zero-order valence-electron chi connectivity index (χ0n) is 10.8. The maximum Gasteiger partial charge on any atom is 0.154 e. The molecule has 2 aliphatic rings. The van der Waals surface area contributed by atoms with Crippen molar-refractivity contribution in [2.45, 2.75) is 30.9 Å². The lowest BCUT2D eigenvalue weighted by Gasteiger charge is -2.24. The highest BCUT2D eigenvalue weighted by Crippen LogP contribution is 2.21. The third-order valence-corrected chi connectivity index (χ3v) is 5.96. The van der Waals surface area contributed by atoms with Crippen LogP contribution in [0.5, 0.6) is 0 Å². The van der Waals surface area contributed by atoms with Crippen LogP contribution in [-0.4, -0.2) is 57.0 Å². The van der Waals surface area contributed by atoms with E-state index in [0.29, 0.717) is 12.2 Å². The van der Waals surface area contributed by atoms with Gasteiger partial charge in [0.05, 0.1) is 17.5 Å². The summed E-state index contributed by atoms with van der Waals surface area (Å²) in [6.45, 7) is 4.90. The maximum atomic E-state index is 11.8. The first kappa shape index (κ1) is 13.9. The maximum absolute atomic E-state index is 11.8. The van der Waals surface area contributed by atoms with E-state index in [2.05, 4.69) is 22.1 Å². The molecule has 0 spiro atoms. The predicted molar refractivity (Wildman–Crippen MR) is 73.1 cm³/mol. The van der Waals surface area contributed by atoms with Gasteiger partial charge in [0.2, 0.25) is 0 Å². The average Bonchev–Trinajstić information content (AvgIpc) is 2.37. The zero-order valence-corrected chi connectivity index (χ0v) is 11.6. The molecular formula is C13H22N2O2S. The molecule has 0 aromatic rings. The van der Waals surface area contributed by atoms with E-state index in [4.69, 9.17) is 0 Å². The Hall–Kier alpha value is -0.570. The molecule has 102 valence electrons. The molecule has 2 saturated heterocycles. The SMILES string of the molecule is O=S1(=O)CCCCC1CC#CCN1CCNCC1. The molecule has 1 atom stereocenters. The van der Waals surface area contributed by atoms with Gasteiger partial charge in [0.1, 0.15) is 0 Å². The highest BCUT2D eigenvalue weighted by molar-refractivity contribution is 7.92. The van der Waals surface area contributed by atoms with E-state index in [-0.39, 0.29) is 5.25 Å². The van der Waals surface area contributed by atoms with Crippen molar-refractivity contribution in [2.24, 2.45) is 0 Å². The second-order valence-electron chi connectivity index (χ2n) is 5.07. The first-order chi connectivity index (χ1) is 8.68. The van der Waals surface area contributed by atoms with Crippen molar-refractivity contribution in [1.29, 1.82) is 0 Å². The van der Waals surface area contributed by atoms with Gasteiger partial charge in [-0.3, -0.25) is 4.90 Å². The monoisotopic (exact) mass is 270 g/mol. The Labute approximate surface area is 110 Å². The average molecular weight is 270 g/mol. The first-order valence-electron chi connectivity index (χ1n) is 6.79. The molecule has 0 aromatic heterocycles. The van der Waals surface area contributed by atoms with Gasteiger partial charge in [0.15, 0.2) is 9.84 Å². The summed E-state index contributed by atoms with van der Waals surface area (Å²) in [6, 6.07) is 0. The summed E-state index contributed by atoms with van der Waals surface area (Å²) in [5.41, 5.74) is 0. The molecule has 4 nitrogen and oxygen atoms in total. The molecule has 5 heteroatoms. The Kier molecular flexibility index (Phi) is 5.04. The number of rotatable bonds is 2. The van der Waals surface area contributed by atoms with E-state index in [1.165, 1.54) is 0 Å². The fourth-order valence-corrected chi connectivity index (χ4v) is 4.28. The lowest BCUT2D eigenvalue weighted by molar-refractivity contribution is 0.268. The van der Waals surface area contributed by atoms with Crippen LogP contribution in [0.1, 0.15) is 25.7 Å². The van der Waals surface area contributed by atoms with E-state index in [0.717, 1.165) is 52.0 Å². The smallest absolute Gasteiger partial charge is 0.154 e. The van der Waals surface area contributed by atoms with E-state index in [9.17, 15) is 8.42 Å². The molecule has 0 radical (unpaired) electrons. The third-order valence-electron chi connectivity index (χ3n) is 3.68. The predicted octanol–water partition coefficient (Wildman–Crippen LogP) is 0.252. The van der Waals surface area contributed by atoms with Crippen LogP contribution in [-0.2, 0) is 9.84 Å². The molecule has 0 aromatic carbocycles. The summed E-state index contributed by atoms with van der Waals surface area (Å²) in [5, 5.41) is 3.09. The molecule has 18 heavy (non-hydrogen) atoms. The van der Waals surface area contributed by atoms with Crippen molar-refractivity contribution < 1.29 is 8.42 Å². The summed E-state index contributed by atoms with van der Waals surface area (Å²) < 4.78 is 23.6. The normalized spacial score (nSPS) is 28.3. The Morgan fingerprint density at radius 2 is 1.94 bits per heavy atom. The lowest BCUT2D eigenvalue weighted by atomic mass is 10.1. The molecule has 1 N–H and O–H groups in total. The van der Waals surface area contributed by atoms with Gasteiger partial charge in [-0.05, 0) is 12.8 Å². The van der Waals surface area contributed by atoms with Crippen LogP contribution in [0.4, 0.5) is 0 Å². The first-order valence-corrected chi connectivity index (χ1v) is 8.50. The lowest BCUT2D eigenvalue weighted by Crippen LogP contribution is -2.43. The molecule has 0 bridgehead atoms. The van der Waals surface area contributed by atoms with Gasteiger partial charge in [-0.25, -0.2) is 8.42 Å². The number of nitrogens with zero attached hydrogens (tertiary/aromatic N) is 1. The molecule has 2 aliphatic heterocycles. The van der Waals surface area contributed by atoms with Crippen molar-refractivity contribution in [3.8, 4) is 11.8 Å². The van der Waals surface area contributed by atoms with Gasteiger partial charge in [0.25, 0.3) is 0 Å². The highest BCUT2D eigenvalue weighted by Gasteiger charge is 2.27. The topological polar surface area (TPSA) is 49.4 Å². The summed E-state index contributed by atoms with van der Waals surface area (Å²) in [4.78, 5) is 2.30. The fraction of sp³-hybridized carbons (Fsp3) is 0.846. The molecule has 2 heterocycles. The highest BCUT2D eigenvalue weighted by atomic mass is 32.2. The van der Waals surface area contributed by atoms with Crippen LogP contribution < -0.4 is 5.32 Å². The minimum Gasteiger partial charge on any atom is -0.314 e. The van der Waals surface area contributed by atoms with E-state index >= 15 is 0 Å². The minimum atomic E-state index is -2.85. The molecule has 0 aliphatic carbocycles. The third kappa shape index (κ3) is 3.98. The molecule has 0 amide bonds. The summed E-state index contributed by atoms with van der Waals surface area (Å²) in [6.07, 6.45) is 3.18. The number of hydrogen-bond acceptors (Lipinski definition) is 4. The van der Waals surface area contributed by atoms with Crippen molar-refractivity contribution in [3.63, 3.8) is 0 Å². The summed E-state index contributed by atoms with van der Waals surface area (Å²) >= 11 is 0. The Bertz CT molecular complexity index is 416. The molecule has 0 saturated carbocycles. The number of piperazine rings is 1. The van der Waals surface area contributed by atoms with Gasteiger partial charge in [-0.1, -0.05) is 12.3 Å². The molecule has 2 fully saturated rings. The summed E-state index contributed by atoms with van der Waals surface area (Å²) in [7, 11) is -2.85. The van der Waals surface area contributed by atoms with Crippen molar-refractivity contribution >= 4 is 9.84 Å². The standard InChI is InChI=1S/C13H22N2O2S/c16-18(17)12-4-2-6-13(18)5-1-3-9-15-10-7-14-8-11-15/h13-14H,2,4-12H2. The van der Waals surface area contributed by atoms with Crippen LogP contribution in [0.15, 0.2) is 0 Å². The Balaban J connectivity index is 1.76. The Morgan fingerprint density at radius 3 is 2.67 bits per heavy atom. The van der Waals surface area contributed by atoms with Crippen molar-refractivity contribution in [3.05, 3.63) is 0 Å². The largest absolute Gasteiger partial charge is 0.314 e. The number of hydrogen-bond donors (Lipinski definition) is 1. The molecule has 2 rings (SSSR count). The van der Waals surface area contributed by atoms with E-state index in [1.54, 1.807) is 0 Å². The van der Waals surface area contributed by atoms with Gasteiger partial charge >= 0.3 is 0 Å². The number of sulfone groups is 1. The second kappa shape index (κ2) is 6.55. The minimum absolute atomic E-state index is 0.207. The number of nitrogens with one attached hydrogen (secondary N) is 1.